The first-order chi connectivity index (χ1) is 9.63. The quantitative estimate of drug-likeness (QED) is 0.819. The Hall–Kier alpha value is -2.80. The van der Waals surface area contributed by atoms with Gasteiger partial charge in [0.1, 0.15) is 5.82 Å². The van der Waals surface area contributed by atoms with Crippen molar-refractivity contribution >= 4 is 18.8 Å². The van der Waals surface area contributed by atoms with Gasteiger partial charge in [-0.25, -0.2) is 9.66 Å². The molecule has 0 atom stereocenters. The van der Waals surface area contributed by atoms with E-state index < -0.39 is 0 Å². The lowest BCUT2D eigenvalue weighted by atomic mass is 10.3. The number of aromatic nitrogens is 2. The van der Waals surface area contributed by atoms with E-state index in [0.29, 0.717) is 24.0 Å². The summed E-state index contributed by atoms with van der Waals surface area (Å²) >= 11 is 0. The Morgan fingerprint density at radius 2 is 2.00 bits per heavy atom. The second-order valence-electron chi connectivity index (χ2n) is 4.28. The second kappa shape index (κ2) is 5.89. The monoisotopic (exact) mass is 265 g/mol. The van der Waals surface area contributed by atoms with Crippen LogP contribution >= 0.6 is 0 Å². The van der Waals surface area contributed by atoms with Crippen LogP contribution in [0.5, 0.6) is 0 Å². The Morgan fingerprint density at radius 3 is 2.65 bits per heavy atom. The second-order valence-corrected chi connectivity index (χ2v) is 4.28. The van der Waals surface area contributed by atoms with Crippen LogP contribution in [0.25, 0.3) is 13.2 Å². The smallest absolute Gasteiger partial charge is 0.279 e. The molecule has 1 aromatic carbocycles. The van der Waals surface area contributed by atoms with E-state index in [2.05, 4.69) is 29.5 Å². The summed E-state index contributed by atoms with van der Waals surface area (Å²) in [5.74, 6) is 3.09. The summed E-state index contributed by atoms with van der Waals surface area (Å²) in [5, 5.41) is 0.658. The lowest BCUT2D eigenvalue weighted by Gasteiger charge is -2.13. The lowest BCUT2D eigenvalue weighted by Crippen LogP contribution is -2.49. The Labute approximate surface area is 117 Å². The maximum atomic E-state index is 12.3. The Bertz CT molecular complexity index is 801. The van der Waals surface area contributed by atoms with Gasteiger partial charge < -0.3 is 0 Å². The topological polar surface area (TPSA) is 46.9 Å². The van der Waals surface area contributed by atoms with Crippen molar-refractivity contribution in [3.05, 3.63) is 57.1 Å². The molecule has 0 saturated heterocycles. The summed E-state index contributed by atoms with van der Waals surface area (Å²) in [6, 6.07) is 9.37. The molecule has 100 valence electrons. The van der Waals surface area contributed by atoms with Gasteiger partial charge in [-0.2, -0.15) is 0 Å². The number of nitrogens with one attached hydrogen (secondary N) is 1. The number of hydrogen-bond donors (Lipinski definition) is 1. The van der Waals surface area contributed by atoms with Gasteiger partial charge in [0.2, 0.25) is 0 Å². The molecule has 4 nitrogen and oxygen atoms in total. The maximum absolute atomic E-state index is 12.3. The van der Waals surface area contributed by atoms with Gasteiger partial charge >= 0.3 is 0 Å². The highest BCUT2D eigenvalue weighted by molar-refractivity contribution is 5.42. The van der Waals surface area contributed by atoms with Gasteiger partial charge in [-0.1, -0.05) is 31.4 Å². The Morgan fingerprint density at radius 1 is 1.30 bits per heavy atom. The minimum atomic E-state index is -0.263. The molecular formula is C16H15N3O. The highest BCUT2D eigenvalue weighted by Gasteiger charge is 2.07. The average Bonchev–Trinajstić information content (AvgIpc) is 2.47. The first kappa shape index (κ1) is 13.6. The van der Waals surface area contributed by atoms with Crippen LogP contribution in [0.4, 0.5) is 5.69 Å². The normalized spacial score (nSPS) is 9.95. The van der Waals surface area contributed by atoms with E-state index in [1.54, 1.807) is 0 Å². The van der Waals surface area contributed by atoms with E-state index in [0.717, 1.165) is 5.69 Å². The van der Waals surface area contributed by atoms with Gasteiger partial charge in [-0.15, -0.1) is 12.3 Å². The van der Waals surface area contributed by atoms with Crippen LogP contribution in [0.2, 0.25) is 0 Å². The molecule has 0 radical (unpaired) electrons. The standard InChI is InChI=1S/C16H15N3O/c1-4-5-11-15-17-13(3)12(2)16(20)19(15)18-14-9-7-6-8-10-14/h1,6-10,18H,2-3,5,11H2. The van der Waals surface area contributed by atoms with Gasteiger partial charge in [0.15, 0.2) is 0 Å². The summed E-state index contributed by atoms with van der Waals surface area (Å²) in [5.41, 5.74) is 3.55. The minimum Gasteiger partial charge on any atom is -0.290 e. The molecule has 2 rings (SSSR count). The summed E-state index contributed by atoms with van der Waals surface area (Å²) in [6.07, 6.45) is 6.26. The van der Waals surface area contributed by atoms with Crippen LogP contribution in [0.3, 0.4) is 0 Å². The highest BCUT2D eigenvalue weighted by atomic mass is 16.1. The summed E-state index contributed by atoms with van der Waals surface area (Å²) in [7, 11) is 0. The number of para-hydroxylation sites is 1. The molecule has 2 aromatic rings. The minimum absolute atomic E-state index is 0.263. The molecule has 0 fully saturated rings. The van der Waals surface area contributed by atoms with E-state index >= 15 is 0 Å². The lowest BCUT2D eigenvalue weighted by molar-refractivity contribution is 0.731. The molecule has 0 bridgehead atoms. The van der Waals surface area contributed by atoms with E-state index in [4.69, 9.17) is 6.42 Å². The van der Waals surface area contributed by atoms with Crippen molar-refractivity contribution in [3.8, 4) is 12.3 Å². The van der Waals surface area contributed by atoms with Crippen LogP contribution < -0.4 is 21.6 Å². The number of rotatable bonds is 4. The molecule has 0 unspecified atom stereocenters. The van der Waals surface area contributed by atoms with Crippen LogP contribution in [0.1, 0.15) is 12.2 Å². The fourth-order valence-electron chi connectivity index (χ4n) is 1.76. The molecular weight excluding hydrogens is 250 g/mol. The largest absolute Gasteiger partial charge is 0.290 e. The van der Waals surface area contributed by atoms with Crippen LogP contribution in [-0.2, 0) is 6.42 Å². The third kappa shape index (κ3) is 2.78. The van der Waals surface area contributed by atoms with Crippen molar-refractivity contribution in [2.45, 2.75) is 12.8 Å². The molecule has 0 aliphatic heterocycles. The molecule has 4 heteroatoms. The predicted molar refractivity (Wildman–Crippen MR) is 81.4 cm³/mol. The maximum Gasteiger partial charge on any atom is 0.279 e. The first-order valence-electron chi connectivity index (χ1n) is 6.19. The fraction of sp³-hybridized carbons (Fsp3) is 0.125. The zero-order valence-corrected chi connectivity index (χ0v) is 11.1. The number of hydrogen-bond acceptors (Lipinski definition) is 3. The van der Waals surface area contributed by atoms with Crippen LogP contribution in [0, 0.1) is 12.3 Å². The first-order valence-corrected chi connectivity index (χ1v) is 6.19. The number of anilines is 1. The van der Waals surface area contributed by atoms with Crippen molar-refractivity contribution < 1.29 is 0 Å². The molecule has 1 N–H and O–H groups in total. The van der Waals surface area contributed by atoms with Gasteiger partial charge in [-0.05, 0) is 12.1 Å². The number of nitrogens with zero attached hydrogens (tertiary/aromatic N) is 2. The molecule has 0 aliphatic carbocycles. The fourth-order valence-corrected chi connectivity index (χ4v) is 1.76. The molecule has 0 saturated carbocycles. The Kier molecular flexibility index (Phi) is 4.02. The van der Waals surface area contributed by atoms with Crippen LogP contribution in [-0.4, -0.2) is 9.66 Å². The third-order valence-electron chi connectivity index (χ3n) is 2.84. The van der Waals surface area contributed by atoms with Crippen molar-refractivity contribution in [3.63, 3.8) is 0 Å². The van der Waals surface area contributed by atoms with E-state index in [9.17, 15) is 4.79 Å². The zero-order valence-electron chi connectivity index (χ0n) is 11.1. The number of terminal acetylenes is 1. The molecule has 0 spiro atoms. The van der Waals surface area contributed by atoms with Crippen molar-refractivity contribution in [1.82, 2.24) is 9.66 Å². The van der Waals surface area contributed by atoms with Gasteiger partial charge in [0, 0.05) is 12.8 Å². The Balaban J connectivity index is 2.52. The van der Waals surface area contributed by atoms with Gasteiger partial charge in [-0.3, -0.25) is 10.2 Å². The van der Waals surface area contributed by atoms with Crippen molar-refractivity contribution in [2.75, 3.05) is 5.43 Å². The molecule has 0 aliphatic rings. The zero-order chi connectivity index (χ0) is 14.5. The summed E-state index contributed by atoms with van der Waals surface area (Å²) in [4.78, 5) is 16.6. The summed E-state index contributed by atoms with van der Waals surface area (Å²) in [6.45, 7) is 7.44. The third-order valence-corrected chi connectivity index (χ3v) is 2.84. The average molecular weight is 265 g/mol. The number of aryl methyl sites for hydroxylation is 1. The summed E-state index contributed by atoms with van der Waals surface area (Å²) < 4.78 is 1.38. The van der Waals surface area contributed by atoms with Crippen molar-refractivity contribution in [1.29, 1.82) is 0 Å². The van der Waals surface area contributed by atoms with E-state index in [1.165, 1.54) is 4.68 Å². The molecule has 20 heavy (non-hydrogen) atoms. The van der Waals surface area contributed by atoms with Crippen LogP contribution in [0.15, 0.2) is 35.1 Å². The SMILES string of the molecule is C#CCCc1nc(=C)c(=C)c(=O)n1Nc1ccccc1. The van der Waals surface area contributed by atoms with Gasteiger partial charge in [0.25, 0.3) is 5.56 Å². The highest BCUT2D eigenvalue weighted by Crippen LogP contribution is 2.05. The molecule has 0 amide bonds. The van der Waals surface area contributed by atoms with Gasteiger partial charge in [0.05, 0.1) is 16.3 Å². The predicted octanol–water partition coefficient (Wildman–Crippen LogP) is 0.505. The molecule has 1 heterocycles. The number of benzene rings is 1. The van der Waals surface area contributed by atoms with Crippen molar-refractivity contribution in [2.24, 2.45) is 0 Å². The molecule has 1 aromatic heterocycles. The van der Waals surface area contributed by atoms with E-state index in [1.807, 2.05) is 30.3 Å². The van der Waals surface area contributed by atoms with E-state index in [-0.39, 0.29) is 10.8 Å².